The van der Waals surface area contributed by atoms with Gasteiger partial charge in [0.15, 0.2) is 6.10 Å². The lowest BCUT2D eigenvalue weighted by Crippen LogP contribution is -2.28. The van der Waals surface area contributed by atoms with Crippen LogP contribution in [0, 0.1) is 20.8 Å². The average molecular weight is 471 g/mol. The highest BCUT2D eigenvalue weighted by Crippen LogP contribution is 2.46. The Labute approximate surface area is 199 Å². The topological polar surface area (TPSA) is 73.6 Å². The van der Waals surface area contributed by atoms with E-state index in [4.69, 9.17) is 26.1 Å². The maximum atomic E-state index is 12.5. The van der Waals surface area contributed by atoms with Gasteiger partial charge in [0.2, 0.25) is 0 Å². The highest BCUT2D eigenvalue weighted by atomic mass is 35.5. The first-order valence-corrected chi connectivity index (χ1v) is 11.6. The van der Waals surface area contributed by atoms with Crippen LogP contribution < -0.4 is 4.74 Å². The molecule has 3 aromatic rings. The Morgan fingerprint density at radius 1 is 1.27 bits per heavy atom. The number of hydrogen-bond acceptors (Lipinski definition) is 4. The largest absolute Gasteiger partial charge is 0.493 e. The summed E-state index contributed by atoms with van der Waals surface area (Å²) in [5.41, 5.74) is 5.90. The van der Waals surface area contributed by atoms with Crippen LogP contribution in [0.4, 0.5) is 0 Å². The van der Waals surface area contributed by atoms with Gasteiger partial charge in [-0.25, -0.2) is 9.78 Å². The number of aryl methyl sites for hydroxylation is 3. The number of fused-ring (bicyclic) bond motifs is 2. The number of nitrogens with zero attached hydrogens (tertiary/aromatic N) is 2. The van der Waals surface area contributed by atoms with Gasteiger partial charge in [-0.05, 0) is 72.1 Å². The van der Waals surface area contributed by atoms with E-state index >= 15 is 0 Å². The van der Waals surface area contributed by atoms with E-state index in [1.165, 1.54) is 0 Å². The summed E-state index contributed by atoms with van der Waals surface area (Å²) in [6.45, 7) is 12.1. The first-order chi connectivity index (χ1) is 15.4. The second-order valence-corrected chi connectivity index (χ2v) is 10.1. The van der Waals surface area contributed by atoms with Crippen molar-refractivity contribution < 1.29 is 19.4 Å². The van der Waals surface area contributed by atoms with Crippen molar-refractivity contribution in [3.63, 3.8) is 0 Å². The number of aliphatic carboxylic acids is 1. The van der Waals surface area contributed by atoms with Gasteiger partial charge in [0.1, 0.15) is 11.4 Å². The van der Waals surface area contributed by atoms with Crippen molar-refractivity contribution in [2.24, 2.45) is 7.05 Å². The number of halogens is 1. The molecular weight excluding hydrogens is 440 g/mol. The molecule has 0 unspecified atom stereocenters. The Balaban J connectivity index is 2.14. The summed E-state index contributed by atoms with van der Waals surface area (Å²) in [6, 6.07) is 3.87. The van der Waals surface area contributed by atoms with Crippen molar-refractivity contribution >= 4 is 28.6 Å². The minimum absolute atomic E-state index is 0.539. The number of carboxylic acids is 1. The lowest BCUT2D eigenvalue weighted by atomic mass is 9.89. The molecule has 4 rings (SSSR count). The third-order valence-electron chi connectivity index (χ3n) is 6.40. The first-order valence-electron chi connectivity index (χ1n) is 11.2. The molecule has 6 nitrogen and oxygen atoms in total. The number of rotatable bonds is 4. The predicted molar refractivity (Wildman–Crippen MR) is 130 cm³/mol. The number of carbonyl (C=O) groups is 1. The van der Waals surface area contributed by atoms with E-state index in [0.717, 1.165) is 57.6 Å². The molecule has 0 bridgehead atoms. The van der Waals surface area contributed by atoms with Gasteiger partial charge in [-0.3, -0.25) is 0 Å². The molecule has 0 amide bonds. The van der Waals surface area contributed by atoms with Crippen molar-refractivity contribution in [3.05, 3.63) is 45.2 Å². The van der Waals surface area contributed by atoms with Crippen LogP contribution in [-0.2, 0) is 23.0 Å². The zero-order valence-corrected chi connectivity index (χ0v) is 21.1. The maximum absolute atomic E-state index is 12.5. The molecule has 1 atom stereocenters. The lowest BCUT2D eigenvalue weighted by molar-refractivity contribution is -0.160. The summed E-state index contributed by atoms with van der Waals surface area (Å²) in [4.78, 5) is 17.4. The average Bonchev–Trinajstić information content (AvgIpc) is 2.95. The van der Waals surface area contributed by atoms with Gasteiger partial charge in [0.25, 0.3) is 0 Å². The smallest absolute Gasteiger partial charge is 0.337 e. The Bertz CT molecular complexity index is 1270. The minimum atomic E-state index is -1.19. The van der Waals surface area contributed by atoms with E-state index < -0.39 is 17.7 Å². The number of benzene rings is 1. The molecular formula is C26H31ClN2O4. The van der Waals surface area contributed by atoms with Gasteiger partial charge in [-0.1, -0.05) is 11.6 Å². The van der Waals surface area contributed by atoms with Crippen molar-refractivity contribution in [2.75, 3.05) is 6.61 Å². The molecule has 1 N–H and O–H groups in total. The molecule has 0 saturated heterocycles. The highest BCUT2D eigenvalue weighted by molar-refractivity contribution is 6.35. The molecule has 0 aliphatic carbocycles. The molecule has 1 aliphatic heterocycles. The molecule has 176 valence electrons. The fraction of sp³-hybridized carbons (Fsp3) is 0.462. The lowest BCUT2D eigenvalue weighted by Gasteiger charge is -2.28. The number of hydrogen-bond donors (Lipinski definition) is 1. The van der Waals surface area contributed by atoms with E-state index in [0.29, 0.717) is 22.9 Å². The number of ether oxygens (including phenoxy) is 2. The molecule has 33 heavy (non-hydrogen) atoms. The quantitative estimate of drug-likeness (QED) is 0.499. The number of pyridine rings is 1. The third-order valence-corrected chi connectivity index (χ3v) is 6.83. The second kappa shape index (κ2) is 8.33. The third kappa shape index (κ3) is 4.00. The molecule has 1 aromatic carbocycles. The van der Waals surface area contributed by atoms with Gasteiger partial charge in [-0.15, -0.1) is 0 Å². The van der Waals surface area contributed by atoms with Crippen LogP contribution in [0.25, 0.3) is 22.2 Å². The molecule has 3 heterocycles. The maximum Gasteiger partial charge on any atom is 0.337 e. The van der Waals surface area contributed by atoms with Crippen molar-refractivity contribution in [3.8, 4) is 16.9 Å². The van der Waals surface area contributed by atoms with Crippen molar-refractivity contribution in [1.29, 1.82) is 0 Å². The molecule has 1 aliphatic rings. The summed E-state index contributed by atoms with van der Waals surface area (Å²) in [5, 5.41) is 11.7. The SMILES string of the molecule is Cc1nc2c(c(C)c(C)n2C)c(-c2ccc3c(c2Cl)CCCO3)c1[C@H](OC(C)(C)C)C(=O)O. The van der Waals surface area contributed by atoms with Gasteiger partial charge < -0.3 is 19.1 Å². The molecule has 0 radical (unpaired) electrons. The minimum Gasteiger partial charge on any atom is -0.493 e. The van der Waals surface area contributed by atoms with Gasteiger partial charge in [0.05, 0.1) is 17.2 Å². The predicted octanol–water partition coefficient (Wildman–Crippen LogP) is 6.08. The summed E-state index contributed by atoms with van der Waals surface area (Å²) in [7, 11) is 1.98. The van der Waals surface area contributed by atoms with E-state index in [9.17, 15) is 9.90 Å². The van der Waals surface area contributed by atoms with E-state index in [-0.39, 0.29) is 0 Å². The Hall–Kier alpha value is -2.57. The van der Waals surface area contributed by atoms with Crippen LogP contribution in [0.15, 0.2) is 12.1 Å². The molecule has 0 spiro atoms. The summed E-state index contributed by atoms with van der Waals surface area (Å²) in [5.74, 6) is -0.265. The molecule has 7 heteroatoms. The highest BCUT2D eigenvalue weighted by Gasteiger charge is 2.34. The van der Waals surface area contributed by atoms with Crippen LogP contribution in [0.2, 0.25) is 5.02 Å². The van der Waals surface area contributed by atoms with Crippen LogP contribution >= 0.6 is 11.6 Å². The summed E-state index contributed by atoms with van der Waals surface area (Å²) in [6.07, 6.45) is 0.514. The fourth-order valence-electron chi connectivity index (χ4n) is 4.67. The van der Waals surface area contributed by atoms with Gasteiger partial charge in [-0.2, -0.15) is 0 Å². The van der Waals surface area contributed by atoms with Crippen LogP contribution in [0.3, 0.4) is 0 Å². The first kappa shape index (κ1) is 23.6. The van der Waals surface area contributed by atoms with E-state index in [2.05, 4.69) is 0 Å². The zero-order chi connectivity index (χ0) is 24.2. The van der Waals surface area contributed by atoms with E-state index in [1.807, 2.05) is 65.3 Å². The Morgan fingerprint density at radius 2 is 1.97 bits per heavy atom. The molecule has 0 fully saturated rings. The fourth-order valence-corrected chi connectivity index (χ4v) is 5.02. The standard InChI is InChI=1S/C26H31ClN2O4/c1-13-15(3)29(7)24-19(13)21(17-10-11-18-16(22(17)27)9-8-12-32-18)20(14(2)28-24)23(25(30)31)33-26(4,5)6/h10-11,23H,8-9,12H2,1-7H3,(H,30,31)/t23-/m0/s1. The van der Waals surface area contributed by atoms with Crippen LogP contribution in [0.5, 0.6) is 5.75 Å². The number of carboxylic acid groups (broad SMARTS) is 1. The monoisotopic (exact) mass is 470 g/mol. The summed E-state index contributed by atoms with van der Waals surface area (Å²) < 4.78 is 14.0. The van der Waals surface area contributed by atoms with Crippen LogP contribution in [-0.4, -0.2) is 32.8 Å². The van der Waals surface area contributed by atoms with Crippen LogP contribution in [0.1, 0.15) is 61.4 Å². The zero-order valence-electron chi connectivity index (χ0n) is 20.3. The van der Waals surface area contributed by atoms with Gasteiger partial charge in [0, 0.05) is 46.1 Å². The van der Waals surface area contributed by atoms with E-state index in [1.54, 1.807) is 0 Å². The second-order valence-electron chi connectivity index (χ2n) is 9.76. The summed E-state index contributed by atoms with van der Waals surface area (Å²) >= 11 is 7.01. The van der Waals surface area contributed by atoms with Crippen molar-refractivity contribution in [1.82, 2.24) is 9.55 Å². The van der Waals surface area contributed by atoms with Gasteiger partial charge >= 0.3 is 5.97 Å². The number of aromatic nitrogens is 2. The van der Waals surface area contributed by atoms with Crippen molar-refractivity contribution in [2.45, 2.75) is 66.1 Å². The normalized spacial score (nSPS) is 14.8. The Morgan fingerprint density at radius 3 is 2.61 bits per heavy atom. The Kier molecular flexibility index (Phi) is 5.95. The molecule has 2 aromatic heterocycles. The molecule has 0 saturated carbocycles.